The van der Waals surface area contributed by atoms with Gasteiger partial charge < -0.3 is 4.74 Å². The van der Waals surface area contributed by atoms with E-state index in [-0.39, 0.29) is 25.2 Å². The van der Waals surface area contributed by atoms with E-state index >= 15 is 0 Å². The average molecular weight is 470 g/mol. The van der Waals surface area contributed by atoms with E-state index in [1.54, 1.807) is 36.4 Å². The van der Waals surface area contributed by atoms with Crippen LogP contribution in [0.2, 0.25) is 0 Å². The molecule has 2 aromatic rings. The van der Waals surface area contributed by atoms with Crippen LogP contribution in [0.15, 0.2) is 48.5 Å². The zero-order valence-corrected chi connectivity index (χ0v) is 19.2. The van der Waals surface area contributed by atoms with Gasteiger partial charge in [-0.1, -0.05) is 55.3 Å². The molecule has 0 bridgehead atoms. The maximum absolute atomic E-state index is 12.8. The molecule has 2 aromatic carbocycles. The topological polar surface area (TPSA) is 55.4 Å². The summed E-state index contributed by atoms with van der Waals surface area (Å²) in [5, 5.41) is 0. The molecule has 0 aliphatic rings. The van der Waals surface area contributed by atoms with E-state index in [9.17, 15) is 22.2 Å². The lowest BCUT2D eigenvalue weighted by atomic mass is 9.98. The molecule has 0 heterocycles. The van der Waals surface area contributed by atoms with Gasteiger partial charge in [0.2, 0.25) is 0 Å². The van der Waals surface area contributed by atoms with Crippen LogP contribution in [-0.4, -0.2) is 28.5 Å². The minimum Gasteiger partial charge on any atom is -0.494 e. The lowest BCUT2D eigenvalue weighted by Crippen LogP contribution is -2.27. The van der Waals surface area contributed by atoms with Crippen molar-refractivity contribution in [3.8, 4) is 5.75 Å². The summed E-state index contributed by atoms with van der Waals surface area (Å²) in [6.07, 6.45) is -3.33. The number of alkyl halides is 3. The average Bonchev–Trinajstić information content (AvgIpc) is 2.75. The number of nitrogens with one attached hydrogen (secondary N) is 1. The van der Waals surface area contributed by atoms with Crippen molar-refractivity contribution < 1.29 is 26.9 Å². The first kappa shape index (κ1) is 26.1. The van der Waals surface area contributed by atoms with E-state index in [0.29, 0.717) is 17.1 Å². The van der Waals surface area contributed by atoms with Crippen LogP contribution in [-0.2, 0) is 11.0 Å². The van der Waals surface area contributed by atoms with Gasteiger partial charge in [0, 0.05) is 24.2 Å². The number of hydrogen-bond donors (Lipinski definition) is 1. The van der Waals surface area contributed by atoms with Gasteiger partial charge in [-0.05, 0) is 37.5 Å². The molecule has 1 unspecified atom stereocenters. The van der Waals surface area contributed by atoms with Crippen molar-refractivity contribution in [2.24, 2.45) is 0 Å². The van der Waals surface area contributed by atoms with E-state index in [2.05, 4.69) is 4.72 Å². The molecule has 0 saturated heterocycles. The molecule has 0 amide bonds. The van der Waals surface area contributed by atoms with Gasteiger partial charge in [-0.25, -0.2) is 8.93 Å². The van der Waals surface area contributed by atoms with E-state index < -0.39 is 29.6 Å². The summed E-state index contributed by atoms with van der Waals surface area (Å²) in [5.41, 5.74) is 2.41. The monoisotopic (exact) mass is 469 g/mol. The molecule has 0 saturated carbocycles. The number of carbonyl (C=O) groups is 1. The van der Waals surface area contributed by atoms with Gasteiger partial charge in [0.05, 0.1) is 23.6 Å². The number of benzene rings is 2. The Bertz CT molecular complexity index is 868. The van der Waals surface area contributed by atoms with Crippen molar-refractivity contribution in [3.63, 3.8) is 0 Å². The number of unbranched alkanes of at least 4 members (excludes halogenated alkanes) is 1. The van der Waals surface area contributed by atoms with Crippen LogP contribution in [0.5, 0.6) is 5.75 Å². The largest absolute Gasteiger partial charge is 0.494 e. The van der Waals surface area contributed by atoms with Gasteiger partial charge in [-0.2, -0.15) is 13.2 Å². The van der Waals surface area contributed by atoms with Crippen molar-refractivity contribution in [3.05, 3.63) is 65.2 Å². The molecule has 0 aromatic heterocycles. The maximum Gasteiger partial charge on any atom is 0.389 e. The number of carbonyl (C=O) groups excluding carboxylic acids is 1. The number of aryl methyl sites for hydroxylation is 1. The van der Waals surface area contributed by atoms with E-state index in [1.165, 1.54) is 0 Å². The minimum atomic E-state index is -4.19. The number of hydrogen-bond acceptors (Lipinski definition) is 3. The Kier molecular flexibility index (Phi) is 10.4. The highest BCUT2D eigenvalue weighted by Crippen LogP contribution is 2.24. The smallest absolute Gasteiger partial charge is 0.389 e. The minimum absolute atomic E-state index is 0.0342. The van der Waals surface area contributed by atoms with E-state index in [1.807, 2.05) is 26.0 Å². The zero-order valence-electron chi connectivity index (χ0n) is 18.4. The molecule has 32 heavy (non-hydrogen) atoms. The zero-order chi connectivity index (χ0) is 23.6. The molecule has 8 heteroatoms. The molecule has 176 valence electrons. The molecule has 0 spiro atoms. The molecular weight excluding hydrogens is 439 g/mol. The van der Waals surface area contributed by atoms with Crippen molar-refractivity contribution in [1.29, 1.82) is 0 Å². The van der Waals surface area contributed by atoms with Crippen molar-refractivity contribution in [2.75, 3.05) is 12.4 Å². The standard InChI is InChI=1S/C24H30F3NO3S/c1-3-4-16-32(30)28-22(17-23(29)20-8-6-18(2)7-9-20)19-10-12-21(13-11-19)31-15-5-14-24(25,26)27/h6-13,22,28H,3-5,14-17H2,1-2H3/t22-,32?/m1/s1. The van der Waals surface area contributed by atoms with Crippen LogP contribution in [0.25, 0.3) is 0 Å². The van der Waals surface area contributed by atoms with Gasteiger partial charge in [-0.15, -0.1) is 0 Å². The highest BCUT2D eigenvalue weighted by atomic mass is 32.2. The third kappa shape index (κ3) is 9.53. The Morgan fingerprint density at radius 1 is 1.06 bits per heavy atom. The quantitative estimate of drug-likeness (QED) is 0.286. The third-order valence-corrected chi connectivity index (χ3v) is 6.08. The van der Waals surface area contributed by atoms with Gasteiger partial charge >= 0.3 is 6.18 Å². The number of Topliss-reactive ketones (excluding diaryl/α,β-unsaturated/α-hetero) is 1. The predicted molar refractivity (Wildman–Crippen MR) is 121 cm³/mol. The number of ether oxygens (including phenoxy) is 1. The fourth-order valence-corrected chi connectivity index (χ4v) is 4.23. The summed E-state index contributed by atoms with van der Waals surface area (Å²) in [6, 6.07) is 13.7. The number of rotatable bonds is 13. The van der Waals surface area contributed by atoms with E-state index in [4.69, 9.17) is 4.74 Å². The molecule has 2 rings (SSSR count). The van der Waals surface area contributed by atoms with Crippen LogP contribution in [0.1, 0.15) is 66.6 Å². The normalized spacial score (nSPS) is 13.5. The molecule has 0 aliphatic heterocycles. The Hall–Kier alpha value is -2.19. The molecule has 0 radical (unpaired) electrons. The van der Waals surface area contributed by atoms with Crippen LogP contribution in [0.3, 0.4) is 0 Å². The first-order valence-electron chi connectivity index (χ1n) is 10.7. The Morgan fingerprint density at radius 3 is 2.31 bits per heavy atom. The van der Waals surface area contributed by atoms with Crippen LogP contribution in [0, 0.1) is 6.92 Å². The van der Waals surface area contributed by atoms with Gasteiger partial charge in [0.1, 0.15) is 5.75 Å². The van der Waals surface area contributed by atoms with Crippen LogP contribution < -0.4 is 9.46 Å². The van der Waals surface area contributed by atoms with Crippen molar-refractivity contribution in [1.82, 2.24) is 4.72 Å². The Labute approximate surface area is 190 Å². The summed E-state index contributed by atoms with van der Waals surface area (Å²) in [7, 11) is -1.29. The molecule has 0 fully saturated rings. The molecule has 0 aliphatic carbocycles. The van der Waals surface area contributed by atoms with Gasteiger partial charge in [0.15, 0.2) is 5.78 Å². The predicted octanol–water partition coefficient (Wildman–Crippen LogP) is 6.08. The third-order valence-electron chi connectivity index (χ3n) is 4.88. The maximum atomic E-state index is 12.8. The number of halogens is 3. The highest BCUT2D eigenvalue weighted by Gasteiger charge is 2.26. The Balaban J connectivity index is 2.06. The second kappa shape index (κ2) is 12.7. The highest BCUT2D eigenvalue weighted by molar-refractivity contribution is 7.83. The second-order valence-electron chi connectivity index (χ2n) is 7.70. The Morgan fingerprint density at radius 2 is 1.72 bits per heavy atom. The summed E-state index contributed by atoms with van der Waals surface area (Å²) >= 11 is 0. The lowest BCUT2D eigenvalue weighted by molar-refractivity contribution is -0.136. The van der Waals surface area contributed by atoms with E-state index in [0.717, 1.165) is 24.0 Å². The molecule has 1 N–H and O–H groups in total. The summed E-state index contributed by atoms with van der Waals surface area (Å²) < 4.78 is 57.6. The lowest BCUT2D eigenvalue weighted by Gasteiger charge is -2.19. The first-order valence-corrected chi connectivity index (χ1v) is 12.0. The van der Waals surface area contributed by atoms with Crippen molar-refractivity contribution >= 4 is 16.8 Å². The fraction of sp³-hybridized carbons (Fsp3) is 0.458. The number of ketones is 1. The van der Waals surface area contributed by atoms with Crippen LogP contribution in [0.4, 0.5) is 13.2 Å². The van der Waals surface area contributed by atoms with Gasteiger partial charge in [-0.3, -0.25) is 4.79 Å². The van der Waals surface area contributed by atoms with Crippen LogP contribution >= 0.6 is 0 Å². The summed E-state index contributed by atoms with van der Waals surface area (Å²) in [5.74, 6) is 0.876. The summed E-state index contributed by atoms with van der Waals surface area (Å²) in [4.78, 5) is 12.8. The first-order chi connectivity index (χ1) is 15.2. The SMILES string of the molecule is CCCCS(=O)N[C@H](CC(=O)c1ccc(C)cc1)c1ccc(OCCCC(F)(F)F)cc1. The van der Waals surface area contributed by atoms with Crippen molar-refractivity contribution in [2.45, 2.75) is 58.2 Å². The molecule has 4 nitrogen and oxygen atoms in total. The molecular formula is C24H30F3NO3S. The fourth-order valence-electron chi connectivity index (χ4n) is 3.02. The van der Waals surface area contributed by atoms with Gasteiger partial charge in [0.25, 0.3) is 0 Å². The summed E-state index contributed by atoms with van der Waals surface area (Å²) in [6.45, 7) is 3.93. The second-order valence-corrected chi connectivity index (χ2v) is 9.04. The molecule has 2 atom stereocenters.